The average molecular weight is 302 g/mol. The van der Waals surface area contributed by atoms with Crippen molar-refractivity contribution in [1.82, 2.24) is 10.6 Å². The molecule has 0 saturated heterocycles. The van der Waals surface area contributed by atoms with Gasteiger partial charge in [-0.15, -0.1) is 0 Å². The zero-order valence-electron chi connectivity index (χ0n) is 12.7. The van der Waals surface area contributed by atoms with E-state index in [2.05, 4.69) is 10.6 Å². The van der Waals surface area contributed by atoms with E-state index in [-0.39, 0.29) is 0 Å². The molecule has 7 heteroatoms. The summed E-state index contributed by atoms with van der Waals surface area (Å²) in [5, 5.41) is 14.6. The Morgan fingerprint density at radius 1 is 1.14 bits per heavy atom. The lowest BCUT2D eigenvalue weighted by Gasteiger charge is -2.33. The number of carbonyl (C=O) groups is 2. The molecule has 0 heterocycles. The maximum absolute atomic E-state index is 11.8. The van der Waals surface area contributed by atoms with E-state index in [0.29, 0.717) is 39.2 Å². The molecule has 0 aromatic heterocycles. The molecule has 0 radical (unpaired) electrons. The first-order valence-corrected chi connectivity index (χ1v) is 7.47. The molecule has 7 nitrogen and oxygen atoms in total. The van der Waals surface area contributed by atoms with Gasteiger partial charge in [-0.2, -0.15) is 0 Å². The van der Waals surface area contributed by atoms with Gasteiger partial charge in [-0.1, -0.05) is 19.3 Å². The van der Waals surface area contributed by atoms with Crippen molar-refractivity contribution < 1.29 is 24.2 Å². The predicted octanol–water partition coefficient (Wildman–Crippen LogP) is 1.13. The van der Waals surface area contributed by atoms with Gasteiger partial charge in [0.05, 0.1) is 6.61 Å². The lowest BCUT2D eigenvalue weighted by atomic mass is 9.82. The number of methoxy groups -OCH3 is 1. The SMILES string of the molecule is COCCCOCCNC(=O)NC1(C(=O)O)CCCCC1. The van der Waals surface area contributed by atoms with Gasteiger partial charge in [-0.25, -0.2) is 9.59 Å². The van der Waals surface area contributed by atoms with E-state index in [1.54, 1.807) is 7.11 Å². The number of aliphatic carboxylic acids is 1. The molecule has 0 spiro atoms. The Labute approximate surface area is 125 Å². The number of carboxylic acids is 1. The summed E-state index contributed by atoms with van der Waals surface area (Å²) in [6, 6.07) is -0.445. The van der Waals surface area contributed by atoms with Crippen LogP contribution < -0.4 is 10.6 Å². The molecule has 1 aliphatic carbocycles. The van der Waals surface area contributed by atoms with Gasteiger partial charge in [0.1, 0.15) is 5.54 Å². The van der Waals surface area contributed by atoms with Crippen molar-refractivity contribution >= 4 is 12.0 Å². The molecule has 1 aliphatic rings. The van der Waals surface area contributed by atoms with Crippen LogP contribution in [0.1, 0.15) is 38.5 Å². The fourth-order valence-corrected chi connectivity index (χ4v) is 2.45. The Morgan fingerprint density at radius 2 is 1.86 bits per heavy atom. The highest BCUT2D eigenvalue weighted by Gasteiger charge is 2.40. The fraction of sp³-hybridized carbons (Fsp3) is 0.857. The molecule has 0 aromatic carbocycles. The summed E-state index contributed by atoms with van der Waals surface area (Å²) in [4.78, 5) is 23.2. The number of hydrogen-bond acceptors (Lipinski definition) is 4. The van der Waals surface area contributed by atoms with Crippen molar-refractivity contribution in [2.75, 3.05) is 33.5 Å². The van der Waals surface area contributed by atoms with Gasteiger partial charge in [0.15, 0.2) is 0 Å². The first-order valence-electron chi connectivity index (χ1n) is 7.47. The number of carboxylic acid groups (broad SMARTS) is 1. The number of carbonyl (C=O) groups excluding carboxylic acids is 1. The van der Waals surface area contributed by atoms with Gasteiger partial charge in [0, 0.05) is 26.9 Å². The summed E-state index contributed by atoms with van der Waals surface area (Å²) in [5.41, 5.74) is -1.11. The van der Waals surface area contributed by atoms with E-state index in [1.165, 1.54) is 0 Å². The molecule has 21 heavy (non-hydrogen) atoms. The summed E-state index contributed by atoms with van der Waals surface area (Å²) < 4.78 is 10.2. The summed E-state index contributed by atoms with van der Waals surface area (Å²) in [5.74, 6) is -0.951. The Bertz CT molecular complexity index is 329. The minimum Gasteiger partial charge on any atom is -0.480 e. The van der Waals surface area contributed by atoms with Crippen LogP contribution in [0.4, 0.5) is 4.79 Å². The summed E-state index contributed by atoms with van der Waals surface area (Å²) in [6.45, 7) is 1.98. The number of rotatable bonds is 9. The third kappa shape index (κ3) is 6.31. The Hall–Kier alpha value is -1.34. The van der Waals surface area contributed by atoms with Crippen LogP contribution in [0, 0.1) is 0 Å². The maximum atomic E-state index is 11.8. The summed E-state index contributed by atoms with van der Waals surface area (Å²) in [7, 11) is 1.63. The van der Waals surface area contributed by atoms with E-state index in [0.717, 1.165) is 25.7 Å². The highest BCUT2D eigenvalue weighted by molar-refractivity contribution is 5.86. The number of ether oxygens (including phenoxy) is 2. The Balaban J connectivity index is 2.21. The smallest absolute Gasteiger partial charge is 0.329 e. The molecule has 2 amide bonds. The van der Waals surface area contributed by atoms with Crippen LogP contribution in [0.5, 0.6) is 0 Å². The van der Waals surface area contributed by atoms with Crippen LogP contribution >= 0.6 is 0 Å². The summed E-state index contributed by atoms with van der Waals surface area (Å²) in [6.07, 6.45) is 4.47. The molecule has 1 fully saturated rings. The monoisotopic (exact) mass is 302 g/mol. The highest BCUT2D eigenvalue weighted by atomic mass is 16.5. The topological polar surface area (TPSA) is 96.9 Å². The molecule has 0 bridgehead atoms. The van der Waals surface area contributed by atoms with Gasteiger partial charge in [-0.05, 0) is 19.3 Å². The van der Waals surface area contributed by atoms with Gasteiger partial charge in [0.2, 0.25) is 0 Å². The molecule has 0 atom stereocenters. The molecule has 1 saturated carbocycles. The minimum atomic E-state index is -1.11. The zero-order chi connectivity index (χ0) is 15.6. The summed E-state index contributed by atoms with van der Waals surface area (Å²) >= 11 is 0. The van der Waals surface area contributed by atoms with Gasteiger partial charge < -0.3 is 25.2 Å². The number of urea groups is 1. The zero-order valence-corrected chi connectivity index (χ0v) is 12.7. The second-order valence-corrected chi connectivity index (χ2v) is 5.29. The predicted molar refractivity (Wildman–Crippen MR) is 77.3 cm³/mol. The second kappa shape index (κ2) is 9.57. The first-order chi connectivity index (χ1) is 10.1. The average Bonchev–Trinajstić information content (AvgIpc) is 2.47. The van der Waals surface area contributed by atoms with Crippen molar-refractivity contribution in [1.29, 1.82) is 0 Å². The van der Waals surface area contributed by atoms with Crippen molar-refractivity contribution in [2.24, 2.45) is 0 Å². The van der Waals surface area contributed by atoms with Gasteiger partial charge >= 0.3 is 12.0 Å². The van der Waals surface area contributed by atoms with Crippen molar-refractivity contribution in [3.05, 3.63) is 0 Å². The number of amides is 2. The van der Waals surface area contributed by atoms with Crippen LogP contribution in [-0.4, -0.2) is 56.1 Å². The quantitative estimate of drug-likeness (QED) is 0.555. The van der Waals surface area contributed by atoms with Crippen LogP contribution in [0.25, 0.3) is 0 Å². The maximum Gasteiger partial charge on any atom is 0.329 e. The standard InChI is InChI=1S/C14H26N2O5/c1-20-9-5-10-21-11-8-15-13(19)16-14(12(17)18)6-3-2-4-7-14/h2-11H2,1H3,(H,17,18)(H2,15,16,19). The molecule has 0 unspecified atom stereocenters. The molecule has 122 valence electrons. The van der Waals surface area contributed by atoms with Crippen molar-refractivity contribution in [3.8, 4) is 0 Å². The van der Waals surface area contributed by atoms with E-state index < -0.39 is 17.5 Å². The van der Waals surface area contributed by atoms with E-state index in [1.807, 2.05) is 0 Å². The lowest BCUT2D eigenvalue weighted by molar-refractivity contribution is -0.145. The van der Waals surface area contributed by atoms with Gasteiger partial charge in [-0.3, -0.25) is 0 Å². The third-order valence-electron chi connectivity index (χ3n) is 3.64. The van der Waals surface area contributed by atoms with Crippen LogP contribution in [0.2, 0.25) is 0 Å². The normalized spacial score (nSPS) is 17.2. The molecular formula is C14H26N2O5. The number of hydrogen-bond donors (Lipinski definition) is 3. The van der Waals surface area contributed by atoms with E-state index >= 15 is 0 Å². The molecule has 3 N–H and O–H groups in total. The van der Waals surface area contributed by atoms with Crippen LogP contribution in [-0.2, 0) is 14.3 Å². The second-order valence-electron chi connectivity index (χ2n) is 5.29. The first kappa shape index (κ1) is 17.7. The van der Waals surface area contributed by atoms with Gasteiger partial charge in [0.25, 0.3) is 0 Å². The fourth-order valence-electron chi connectivity index (χ4n) is 2.45. The lowest BCUT2D eigenvalue weighted by Crippen LogP contribution is -2.58. The van der Waals surface area contributed by atoms with Crippen LogP contribution in [0.15, 0.2) is 0 Å². The van der Waals surface area contributed by atoms with E-state index in [9.17, 15) is 14.7 Å². The molecule has 0 aliphatic heterocycles. The van der Waals surface area contributed by atoms with Crippen LogP contribution in [0.3, 0.4) is 0 Å². The highest BCUT2D eigenvalue weighted by Crippen LogP contribution is 2.28. The number of nitrogens with one attached hydrogen (secondary N) is 2. The molecular weight excluding hydrogens is 276 g/mol. The van der Waals surface area contributed by atoms with E-state index in [4.69, 9.17) is 9.47 Å². The molecule has 0 aromatic rings. The minimum absolute atomic E-state index is 0.356. The molecule has 1 rings (SSSR count). The van der Waals surface area contributed by atoms with Crippen molar-refractivity contribution in [2.45, 2.75) is 44.1 Å². The third-order valence-corrected chi connectivity index (χ3v) is 3.64. The Morgan fingerprint density at radius 3 is 2.48 bits per heavy atom. The van der Waals surface area contributed by atoms with Crippen molar-refractivity contribution in [3.63, 3.8) is 0 Å². The largest absolute Gasteiger partial charge is 0.480 e. The Kier molecular flexibility index (Phi) is 8.07.